The quantitative estimate of drug-likeness (QED) is 0.302. The van der Waals surface area contributed by atoms with Gasteiger partial charge < -0.3 is 14.2 Å². The van der Waals surface area contributed by atoms with Crippen LogP contribution in [0.4, 0.5) is 0 Å². The van der Waals surface area contributed by atoms with E-state index in [0.29, 0.717) is 0 Å². The minimum atomic E-state index is -1.03. The predicted molar refractivity (Wildman–Crippen MR) is 108 cm³/mol. The summed E-state index contributed by atoms with van der Waals surface area (Å²) in [5, 5.41) is -1.77. The average molecular weight is 356 g/mol. The maximum absolute atomic E-state index is 12.4. The van der Waals surface area contributed by atoms with Gasteiger partial charge in [-0.3, -0.25) is 9.59 Å². The molecule has 0 saturated carbocycles. The molecule has 1 rings (SSSR count). The molecule has 136 valence electrons. The zero-order chi connectivity index (χ0) is 20.0. The molecule has 0 radical (unpaired) electrons. The minimum absolute atomic E-state index is 0.116. The molecule has 0 saturated heterocycles. The Labute approximate surface area is 158 Å². The lowest BCUT2D eigenvalue weighted by molar-refractivity contribution is -0.168. The summed E-state index contributed by atoms with van der Waals surface area (Å²) in [6.07, 6.45) is -0.771. The molecule has 1 aromatic carbocycles. The van der Waals surface area contributed by atoms with Crippen molar-refractivity contribution in [3.63, 3.8) is 0 Å². The van der Waals surface area contributed by atoms with E-state index in [2.05, 4.69) is 0 Å². The molecule has 0 bridgehead atoms. The molecule has 10 heteroatoms. The van der Waals surface area contributed by atoms with E-state index in [9.17, 15) is 14.4 Å². The maximum Gasteiger partial charge on any atom is 0.347 e. The first-order valence-electron chi connectivity index (χ1n) is 8.54. The van der Waals surface area contributed by atoms with Gasteiger partial charge in [0.1, 0.15) is 38.0 Å². The van der Waals surface area contributed by atoms with Gasteiger partial charge in [0.05, 0.1) is 0 Å². The van der Waals surface area contributed by atoms with Gasteiger partial charge in [0.25, 0.3) is 5.97 Å². The molecule has 0 aliphatic carbocycles. The van der Waals surface area contributed by atoms with E-state index in [1.54, 1.807) is 31.4 Å². The molecule has 0 N–H and O–H groups in total. The molecular formula is C16H24B4O6. The smallest absolute Gasteiger partial charge is 0.347 e. The molecule has 0 amide bonds. The molecule has 0 fully saturated rings. The Kier molecular flexibility index (Phi) is 7.60. The second-order valence-electron chi connectivity index (χ2n) is 7.55. The minimum Gasteiger partial charge on any atom is -0.478 e. The van der Waals surface area contributed by atoms with Crippen LogP contribution in [0.5, 0.6) is 0 Å². The van der Waals surface area contributed by atoms with Gasteiger partial charge in [0, 0.05) is 17.5 Å². The van der Waals surface area contributed by atoms with Gasteiger partial charge in [-0.2, -0.15) is 0 Å². The summed E-state index contributed by atoms with van der Waals surface area (Å²) in [6.45, 7) is 2.90. The lowest BCUT2D eigenvalue weighted by atomic mass is 9.45. The Bertz CT molecular complexity index is 647. The third-order valence-corrected chi connectivity index (χ3v) is 3.68. The summed E-state index contributed by atoms with van der Waals surface area (Å²) in [5.41, 5.74) is 0.850. The van der Waals surface area contributed by atoms with Crippen LogP contribution in [0.1, 0.15) is 25.8 Å². The van der Waals surface area contributed by atoms with E-state index in [4.69, 9.17) is 14.2 Å². The summed E-state index contributed by atoms with van der Waals surface area (Å²) >= 11 is 0. The number of ether oxygens (including phenoxy) is 3. The molecule has 1 atom stereocenters. The molecule has 6 nitrogen and oxygen atoms in total. The highest BCUT2D eigenvalue weighted by Crippen LogP contribution is 2.30. The molecule has 0 unspecified atom stereocenters. The van der Waals surface area contributed by atoms with Crippen LogP contribution in [0.15, 0.2) is 30.3 Å². The monoisotopic (exact) mass is 356 g/mol. The summed E-state index contributed by atoms with van der Waals surface area (Å²) in [5.74, 6) is -1.59. The Morgan fingerprint density at radius 1 is 1.08 bits per heavy atom. The van der Waals surface area contributed by atoms with Crippen molar-refractivity contribution in [2.24, 2.45) is 0 Å². The SMILES string of the molecule is BC(B)(CC(B)(B)C(=O)O[C@@H](C)C(=O)OCc1ccccc1)OC(C)=O. The van der Waals surface area contributed by atoms with Crippen molar-refractivity contribution in [3.8, 4) is 0 Å². The van der Waals surface area contributed by atoms with Crippen molar-refractivity contribution in [2.75, 3.05) is 0 Å². The van der Waals surface area contributed by atoms with Gasteiger partial charge in [0.2, 0.25) is 0 Å². The number of carbonyl (C=O) groups excluding carboxylic acids is 3. The van der Waals surface area contributed by atoms with E-state index in [1.165, 1.54) is 13.8 Å². The van der Waals surface area contributed by atoms with Gasteiger partial charge in [0.15, 0.2) is 6.10 Å². The van der Waals surface area contributed by atoms with Gasteiger partial charge in [-0.15, -0.1) is 0 Å². The summed E-state index contributed by atoms with van der Waals surface area (Å²) < 4.78 is 15.7. The molecular weight excluding hydrogens is 331 g/mol. The lowest BCUT2D eigenvalue weighted by Crippen LogP contribution is -2.44. The van der Waals surface area contributed by atoms with E-state index in [-0.39, 0.29) is 13.0 Å². The number of rotatable bonds is 8. The van der Waals surface area contributed by atoms with Crippen LogP contribution in [-0.4, -0.2) is 60.8 Å². The largest absolute Gasteiger partial charge is 0.478 e. The first-order valence-corrected chi connectivity index (χ1v) is 8.54. The Morgan fingerprint density at radius 3 is 2.19 bits per heavy atom. The van der Waals surface area contributed by atoms with Crippen molar-refractivity contribution in [1.82, 2.24) is 0 Å². The normalized spacial score (nSPS) is 12.7. The fourth-order valence-corrected chi connectivity index (χ4v) is 2.78. The van der Waals surface area contributed by atoms with Gasteiger partial charge >= 0.3 is 11.9 Å². The van der Waals surface area contributed by atoms with E-state index in [1.807, 2.05) is 30.3 Å². The third-order valence-electron chi connectivity index (χ3n) is 3.68. The number of hydrogen-bond donors (Lipinski definition) is 0. The molecule has 1 aromatic rings. The van der Waals surface area contributed by atoms with Crippen LogP contribution in [-0.2, 0) is 35.2 Å². The van der Waals surface area contributed by atoms with Crippen LogP contribution in [0, 0.1) is 0 Å². The van der Waals surface area contributed by atoms with Crippen molar-refractivity contribution >= 4 is 49.3 Å². The van der Waals surface area contributed by atoms with E-state index >= 15 is 0 Å². The molecule has 0 aliphatic rings. The fourth-order valence-electron chi connectivity index (χ4n) is 2.78. The van der Waals surface area contributed by atoms with E-state index < -0.39 is 34.6 Å². The first kappa shape index (κ1) is 21.9. The van der Waals surface area contributed by atoms with Crippen molar-refractivity contribution in [2.45, 2.75) is 43.6 Å². The van der Waals surface area contributed by atoms with Gasteiger partial charge in [-0.25, -0.2) is 4.79 Å². The van der Waals surface area contributed by atoms with Crippen LogP contribution >= 0.6 is 0 Å². The first-order chi connectivity index (χ1) is 11.9. The fraction of sp³-hybridized carbons (Fsp3) is 0.438. The average Bonchev–Trinajstić information content (AvgIpc) is 2.50. The van der Waals surface area contributed by atoms with Gasteiger partial charge in [-0.05, 0) is 18.9 Å². The molecule has 26 heavy (non-hydrogen) atoms. The molecule has 0 aromatic heterocycles. The second kappa shape index (κ2) is 9.01. The van der Waals surface area contributed by atoms with Crippen molar-refractivity contribution < 1.29 is 28.6 Å². The Hall–Kier alpha value is -2.11. The predicted octanol–water partition coefficient (Wildman–Crippen LogP) is -2.08. The highest BCUT2D eigenvalue weighted by Gasteiger charge is 2.38. The topological polar surface area (TPSA) is 78.9 Å². The maximum atomic E-state index is 12.4. The number of carbonyl (C=O) groups is 3. The molecule has 0 spiro atoms. The number of esters is 3. The van der Waals surface area contributed by atoms with Crippen LogP contribution < -0.4 is 0 Å². The van der Waals surface area contributed by atoms with Crippen LogP contribution in [0.2, 0.25) is 5.21 Å². The van der Waals surface area contributed by atoms with Crippen LogP contribution in [0.25, 0.3) is 0 Å². The summed E-state index contributed by atoms with van der Waals surface area (Å²) in [7, 11) is 6.81. The molecule has 0 aliphatic heterocycles. The Morgan fingerprint density at radius 2 is 1.65 bits per heavy atom. The van der Waals surface area contributed by atoms with Gasteiger partial charge in [-0.1, -0.05) is 30.3 Å². The number of hydrogen-bond acceptors (Lipinski definition) is 6. The van der Waals surface area contributed by atoms with Crippen molar-refractivity contribution in [3.05, 3.63) is 35.9 Å². The zero-order valence-corrected chi connectivity index (χ0v) is 16.3. The molecule has 0 heterocycles. The summed E-state index contributed by atoms with van der Waals surface area (Å²) in [6, 6.07) is 9.24. The second-order valence-corrected chi connectivity index (χ2v) is 7.55. The highest BCUT2D eigenvalue weighted by molar-refractivity contribution is 6.51. The standard InChI is InChI=1S/C16H24B4O6/c1-10(13(22)24-8-12-6-4-3-5-7-12)25-14(23)15(17,18)9-16(19,20)26-11(2)21/h3-7,10H,8-9,17-20H2,1-2H3/t10-/m0/s1. The zero-order valence-electron chi connectivity index (χ0n) is 16.3. The van der Waals surface area contributed by atoms with E-state index in [0.717, 1.165) is 5.56 Å². The van der Waals surface area contributed by atoms with Crippen molar-refractivity contribution in [1.29, 1.82) is 0 Å². The van der Waals surface area contributed by atoms with Crippen LogP contribution in [0.3, 0.4) is 0 Å². The lowest BCUT2D eigenvalue weighted by Gasteiger charge is -2.34. The third kappa shape index (κ3) is 7.42. The highest BCUT2D eigenvalue weighted by atomic mass is 16.6. The summed E-state index contributed by atoms with van der Waals surface area (Å²) in [4.78, 5) is 35.7. The Balaban J connectivity index is 2.58. The number of benzene rings is 1.